The van der Waals surface area contributed by atoms with Crippen molar-refractivity contribution in [3.05, 3.63) is 52.9 Å². The fraction of sp³-hybridized carbons (Fsp3) is 0.471. The molecule has 1 aliphatic rings. The largest absolute Gasteiger partial charge is 0.361 e. The molecule has 3 rings (SSSR count). The molecular weight excluding hydrogens is 312 g/mol. The predicted molar refractivity (Wildman–Crippen MR) is 88.4 cm³/mol. The van der Waals surface area contributed by atoms with E-state index in [-0.39, 0.29) is 11.8 Å². The van der Waals surface area contributed by atoms with Gasteiger partial charge >= 0.3 is 0 Å². The van der Waals surface area contributed by atoms with Gasteiger partial charge in [0.1, 0.15) is 5.76 Å². The molecule has 1 aromatic carbocycles. The Bertz CT molecular complexity index is 768. The second-order valence-corrected chi connectivity index (χ2v) is 7.89. The quantitative estimate of drug-likeness (QED) is 0.842. The van der Waals surface area contributed by atoms with Gasteiger partial charge in [0, 0.05) is 18.5 Å². The summed E-state index contributed by atoms with van der Waals surface area (Å²) in [6.45, 7) is 4.45. The highest BCUT2D eigenvalue weighted by atomic mass is 32.2. The molecular formula is C17H22N2O3S. The van der Waals surface area contributed by atoms with E-state index in [2.05, 4.69) is 5.16 Å². The standard InChI is InChI=1S/C17H22N2O3S/c1-3-16-17(13(2)18-22-16)15-10-7-11-19(15)23(20,21)12-14-8-5-4-6-9-14/h4-6,8-9,15H,3,7,10-12H2,1-2H3/t15-/m1/s1. The van der Waals surface area contributed by atoms with Gasteiger partial charge in [-0.1, -0.05) is 42.4 Å². The van der Waals surface area contributed by atoms with Crippen LogP contribution in [0.1, 0.15) is 48.4 Å². The Morgan fingerprint density at radius 1 is 1.30 bits per heavy atom. The Labute approximate surface area is 137 Å². The van der Waals surface area contributed by atoms with E-state index in [1.807, 2.05) is 44.2 Å². The highest BCUT2D eigenvalue weighted by Crippen LogP contribution is 2.38. The maximum Gasteiger partial charge on any atom is 0.218 e. The van der Waals surface area contributed by atoms with Crippen LogP contribution in [0.5, 0.6) is 0 Å². The number of sulfonamides is 1. The molecule has 124 valence electrons. The van der Waals surface area contributed by atoms with Crippen molar-refractivity contribution in [2.45, 2.75) is 44.9 Å². The van der Waals surface area contributed by atoms with E-state index in [4.69, 9.17) is 4.52 Å². The predicted octanol–water partition coefficient (Wildman–Crippen LogP) is 3.21. The molecule has 2 aromatic rings. The maximum atomic E-state index is 12.9. The van der Waals surface area contributed by atoms with Gasteiger partial charge in [-0.25, -0.2) is 8.42 Å². The van der Waals surface area contributed by atoms with E-state index in [0.717, 1.165) is 41.8 Å². The third kappa shape index (κ3) is 3.19. The van der Waals surface area contributed by atoms with Gasteiger partial charge in [-0.05, 0) is 25.3 Å². The van der Waals surface area contributed by atoms with Crippen LogP contribution < -0.4 is 0 Å². The first kappa shape index (κ1) is 16.2. The Morgan fingerprint density at radius 2 is 2.04 bits per heavy atom. The number of nitrogens with zero attached hydrogens (tertiary/aromatic N) is 2. The Hall–Kier alpha value is -1.66. The van der Waals surface area contributed by atoms with Gasteiger partial charge in [-0.2, -0.15) is 4.31 Å². The summed E-state index contributed by atoms with van der Waals surface area (Å²) >= 11 is 0. The van der Waals surface area contributed by atoms with Crippen molar-refractivity contribution in [1.29, 1.82) is 0 Å². The molecule has 0 aliphatic carbocycles. The van der Waals surface area contributed by atoms with Gasteiger partial charge < -0.3 is 4.52 Å². The summed E-state index contributed by atoms with van der Waals surface area (Å²) in [6, 6.07) is 9.18. The highest BCUT2D eigenvalue weighted by molar-refractivity contribution is 7.88. The molecule has 1 atom stereocenters. The second kappa shape index (κ2) is 6.45. The zero-order valence-corrected chi connectivity index (χ0v) is 14.3. The van der Waals surface area contributed by atoms with E-state index >= 15 is 0 Å². The molecule has 6 heteroatoms. The van der Waals surface area contributed by atoms with Gasteiger partial charge in [-0.15, -0.1) is 0 Å². The van der Waals surface area contributed by atoms with Crippen LogP contribution in [0.2, 0.25) is 0 Å². The Kier molecular flexibility index (Phi) is 4.55. The van der Waals surface area contributed by atoms with Crippen LogP contribution in [0.3, 0.4) is 0 Å². The van der Waals surface area contributed by atoms with Crippen LogP contribution in [0.4, 0.5) is 0 Å². The van der Waals surface area contributed by atoms with Crippen molar-refractivity contribution in [3.63, 3.8) is 0 Å². The number of hydrogen-bond donors (Lipinski definition) is 0. The van der Waals surface area contributed by atoms with E-state index in [0.29, 0.717) is 6.54 Å². The van der Waals surface area contributed by atoms with Crippen molar-refractivity contribution >= 4 is 10.0 Å². The topological polar surface area (TPSA) is 63.4 Å². The van der Waals surface area contributed by atoms with Crippen LogP contribution in [-0.2, 0) is 22.2 Å². The van der Waals surface area contributed by atoms with Crippen molar-refractivity contribution in [3.8, 4) is 0 Å². The number of rotatable bonds is 5. The van der Waals surface area contributed by atoms with Gasteiger partial charge in [0.05, 0.1) is 17.5 Å². The summed E-state index contributed by atoms with van der Waals surface area (Å²) in [5, 5.41) is 4.04. The molecule has 0 amide bonds. The minimum absolute atomic E-state index is 0.0378. The van der Waals surface area contributed by atoms with Crippen LogP contribution in [-0.4, -0.2) is 24.4 Å². The average molecular weight is 334 g/mol. The molecule has 0 spiro atoms. The van der Waals surface area contributed by atoms with Crippen LogP contribution in [0.25, 0.3) is 0 Å². The van der Waals surface area contributed by atoms with Crippen molar-refractivity contribution in [2.24, 2.45) is 0 Å². The maximum absolute atomic E-state index is 12.9. The van der Waals surface area contributed by atoms with Gasteiger partial charge in [0.15, 0.2) is 0 Å². The second-order valence-electron chi connectivity index (χ2n) is 5.97. The molecule has 1 saturated heterocycles. The molecule has 0 bridgehead atoms. The summed E-state index contributed by atoms with van der Waals surface area (Å²) in [4.78, 5) is 0. The van der Waals surface area contributed by atoms with E-state index in [1.165, 1.54) is 0 Å². The van der Waals surface area contributed by atoms with E-state index in [9.17, 15) is 8.42 Å². The summed E-state index contributed by atoms with van der Waals surface area (Å²) in [5.41, 5.74) is 2.58. The van der Waals surface area contributed by atoms with Crippen molar-refractivity contribution in [1.82, 2.24) is 9.46 Å². The number of aryl methyl sites for hydroxylation is 2. The SMILES string of the molecule is CCc1onc(C)c1[C@H]1CCCN1S(=O)(=O)Cc1ccccc1. The lowest BCUT2D eigenvalue weighted by atomic mass is 10.0. The Balaban J connectivity index is 1.90. The molecule has 0 unspecified atom stereocenters. The Morgan fingerprint density at radius 3 is 2.74 bits per heavy atom. The molecule has 23 heavy (non-hydrogen) atoms. The normalized spacial score (nSPS) is 19.3. The lowest BCUT2D eigenvalue weighted by molar-refractivity contribution is 0.367. The van der Waals surface area contributed by atoms with Gasteiger partial charge in [-0.3, -0.25) is 0 Å². The molecule has 0 N–H and O–H groups in total. The number of benzene rings is 1. The first-order chi connectivity index (χ1) is 11.0. The van der Waals surface area contributed by atoms with Gasteiger partial charge in [0.25, 0.3) is 0 Å². The molecule has 5 nitrogen and oxygen atoms in total. The zero-order chi connectivity index (χ0) is 16.4. The smallest absolute Gasteiger partial charge is 0.218 e. The molecule has 0 radical (unpaired) electrons. The molecule has 1 aromatic heterocycles. The van der Waals surface area contributed by atoms with Crippen molar-refractivity contribution < 1.29 is 12.9 Å². The van der Waals surface area contributed by atoms with Crippen LogP contribution in [0, 0.1) is 6.92 Å². The van der Waals surface area contributed by atoms with E-state index in [1.54, 1.807) is 4.31 Å². The van der Waals surface area contributed by atoms with Crippen molar-refractivity contribution in [2.75, 3.05) is 6.54 Å². The minimum Gasteiger partial charge on any atom is -0.361 e. The molecule has 0 saturated carbocycles. The third-order valence-corrected chi connectivity index (χ3v) is 6.24. The summed E-state index contributed by atoms with van der Waals surface area (Å²) in [6.07, 6.45) is 2.41. The molecule has 2 heterocycles. The lowest BCUT2D eigenvalue weighted by Crippen LogP contribution is -2.32. The summed E-state index contributed by atoms with van der Waals surface area (Å²) in [5.74, 6) is 0.838. The first-order valence-electron chi connectivity index (χ1n) is 8.01. The molecule has 1 aliphatic heterocycles. The van der Waals surface area contributed by atoms with Gasteiger partial charge in [0.2, 0.25) is 10.0 Å². The number of aromatic nitrogens is 1. The summed E-state index contributed by atoms with van der Waals surface area (Å²) < 4.78 is 32.8. The first-order valence-corrected chi connectivity index (χ1v) is 9.62. The fourth-order valence-corrected chi connectivity index (χ4v) is 5.12. The third-order valence-electron chi connectivity index (χ3n) is 4.39. The summed E-state index contributed by atoms with van der Waals surface area (Å²) in [7, 11) is -3.37. The fourth-order valence-electron chi connectivity index (χ4n) is 3.33. The van der Waals surface area contributed by atoms with Crippen LogP contribution >= 0.6 is 0 Å². The zero-order valence-electron chi connectivity index (χ0n) is 13.5. The van der Waals surface area contributed by atoms with Crippen LogP contribution in [0.15, 0.2) is 34.9 Å². The highest BCUT2D eigenvalue weighted by Gasteiger charge is 2.38. The average Bonchev–Trinajstić information content (AvgIpc) is 3.14. The van der Waals surface area contributed by atoms with E-state index < -0.39 is 10.0 Å². The molecule has 1 fully saturated rings. The lowest BCUT2D eigenvalue weighted by Gasteiger charge is -2.24. The minimum atomic E-state index is -3.37. The number of hydrogen-bond acceptors (Lipinski definition) is 4. The monoisotopic (exact) mass is 334 g/mol.